The van der Waals surface area contributed by atoms with Crippen LogP contribution in [0.3, 0.4) is 0 Å². The average Bonchev–Trinajstić information content (AvgIpc) is 3.26. The number of aliphatic imine (C=N–C) groups is 1. The molecule has 0 amide bonds. The van der Waals surface area contributed by atoms with Crippen LogP contribution >= 0.6 is 23.2 Å². The molecule has 4 aromatic carbocycles. The summed E-state index contributed by atoms with van der Waals surface area (Å²) in [4.78, 5) is 7.45. The summed E-state index contributed by atoms with van der Waals surface area (Å²) in [5, 5.41) is 6.68. The number of rotatable bonds is 3. The van der Waals surface area contributed by atoms with E-state index in [-0.39, 0.29) is 6.17 Å². The summed E-state index contributed by atoms with van der Waals surface area (Å²) in [6.07, 6.45) is -0.105. The Morgan fingerprint density at radius 2 is 1.57 bits per heavy atom. The molecule has 2 atom stereocenters. The molecule has 2 heterocycles. The maximum atomic E-state index is 6.50. The smallest absolute Gasteiger partial charge is 0.154 e. The zero-order chi connectivity index (χ0) is 24.2. The monoisotopic (exact) mass is 499 g/mol. The number of halogens is 2. The normalized spacial score (nSPS) is 20.4. The highest BCUT2D eigenvalue weighted by molar-refractivity contribution is 6.39. The lowest BCUT2D eigenvalue weighted by Crippen LogP contribution is -2.53. The molecule has 1 aliphatic rings. The minimum atomic E-state index is -0.654. The fourth-order valence-corrected chi connectivity index (χ4v) is 5.44. The van der Waals surface area contributed by atoms with Gasteiger partial charge < -0.3 is 9.32 Å². The Bertz CT molecular complexity index is 1580. The molecule has 1 N–H and O–H groups in total. The van der Waals surface area contributed by atoms with Crippen molar-refractivity contribution in [1.29, 1.82) is 0 Å². The Hall–Kier alpha value is -3.31. The molecule has 0 aliphatic carbocycles. The number of para-hydroxylation sites is 1. The number of hydrogen-bond donors (Lipinski definition) is 1. The zero-order valence-corrected chi connectivity index (χ0v) is 20.8. The van der Waals surface area contributed by atoms with E-state index in [0.29, 0.717) is 15.6 Å². The Kier molecular flexibility index (Phi) is 5.33. The number of fused-ring (bicyclic) bond motifs is 3. The number of benzene rings is 4. The van der Waals surface area contributed by atoms with Gasteiger partial charge in [-0.25, -0.2) is 4.99 Å². The second-order valence-corrected chi connectivity index (χ2v) is 9.83. The maximum absolute atomic E-state index is 6.50. The van der Waals surface area contributed by atoms with Crippen molar-refractivity contribution in [3.8, 4) is 0 Å². The number of hydrogen-bond acceptors (Lipinski definition) is 4. The van der Waals surface area contributed by atoms with Gasteiger partial charge in [-0.2, -0.15) is 0 Å². The number of amidine groups is 1. The Labute approximate surface area is 213 Å². The first-order valence-electron chi connectivity index (χ1n) is 11.5. The van der Waals surface area contributed by atoms with E-state index in [1.54, 1.807) is 6.07 Å². The van der Waals surface area contributed by atoms with Crippen LogP contribution < -0.4 is 5.32 Å². The fourth-order valence-electron chi connectivity index (χ4n) is 4.91. The summed E-state index contributed by atoms with van der Waals surface area (Å²) in [6, 6.07) is 30.4. The van der Waals surface area contributed by atoms with Crippen LogP contribution in [0.4, 0.5) is 0 Å². The number of nitrogens with zero attached hydrogens (tertiary/aromatic N) is 2. The van der Waals surface area contributed by atoms with Crippen molar-refractivity contribution >= 4 is 51.0 Å². The van der Waals surface area contributed by atoms with Crippen LogP contribution in [0, 0.1) is 0 Å². The van der Waals surface area contributed by atoms with E-state index in [2.05, 4.69) is 60.6 Å². The highest BCUT2D eigenvalue weighted by Crippen LogP contribution is 2.40. The molecule has 5 aromatic rings. The highest BCUT2D eigenvalue weighted by Gasteiger charge is 2.38. The molecule has 0 bridgehead atoms. The molecular weight excluding hydrogens is 477 g/mol. The van der Waals surface area contributed by atoms with Crippen molar-refractivity contribution in [1.82, 2.24) is 10.2 Å². The summed E-state index contributed by atoms with van der Waals surface area (Å²) in [7, 11) is 2.05. The lowest BCUT2D eigenvalue weighted by molar-refractivity contribution is 0.197. The molecule has 1 aliphatic heterocycles. The molecular formula is C29H23Cl2N3O. The number of nitrogens with one attached hydrogen (secondary N) is 1. The maximum Gasteiger partial charge on any atom is 0.154 e. The molecule has 174 valence electrons. The topological polar surface area (TPSA) is 40.8 Å². The molecule has 0 radical (unpaired) electrons. The van der Waals surface area contributed by atoms with Crippen LogP contribution in [0.1, 0.15) is 29.8 Å². The van der Waals surface area contributed by atoms with E-state index in [0.717, 1.165) is 38.9 Å². The van der Waals surface area contributed by atoms with Gasteiger partial charge in [-0.3, -0.25) is 5.32 Å². The van der Waals surface area contributed by atoms with Crippen LogP contribution in [0.2, 0.25) is 10.0 Å². The highest BCUT2D eigenvalue weighted by atomic mass is 35.5. The molecule has 0 saturated carbocycles. The molecule has 6 heteroatoms. The summed E-state index contributed by atoms with van der Waals surface area (Å²) in [5.41, 5.74) is 3.84. The molecule has 0 spiro atoms. The Morgan fingerprint density at radius 3 is 2.31 bits per heavy atom. The lowest BCUT2D eigenvalue weighted by Gasteiger charge is -2.44. The quantitative estimate of drug-likeness (QED) is 0.275. The summed E-state index contributed by atoms with van der Waals surface area (Å²) >= 11 is 12.8. The molecule has 0 saturated heterocycles. The van der Waals surface area contributed by atoms with Gasteiger partial charge >= 0.3 is 0 Å². The van der Waals surface area contributed by atoms with Gasteiger partial charge in [0.1, 0.15) is 23.2 Å². The van der Waals surface area contributed by atoms with Crippen LogP contribution in [0.25, 0.3) is 21.9 Å². The molecule has 4 nitrogen and oxygen atoms in total. The molecule has 6 rings (SSSR count). The molecule has 0 fully saturated rings. The van der Waals surface area contributed by atoms with Crippen LogP contribution in [0.5, 0.6) is 0 Å². The zero-order valence-electron chi connectivity index (χ0n) is 19.3. The van der Waals surface area contributed by atoms with Gasteiger partial charge in [0.05, 0.1) is 10.6 Å². The third-order valence-electron chi connectivity index (χ3n) is 6.68. The average molecular weight is 500 g/mol. The van der Waals surface area contributed by atoms with Gasteiger partial charge in [-0.05, 0) is 36.2 Å². The summed E-state index contributed by atoms with van der Waals surface area (Å²) < 4.78 is 6.37. The van der Waals surface area contributed by atoms with Crippen molar-refractivity contribution < 1.29 is 4.42 Å². The molecule has 1 aromatic heterocycles. The first-order valence-corrected chi connectivity index (χ1v) is 12.2. The van der Waals surface area contributed by atoms with Gasteiger partial charge in [-0.15, -0.1) is 0 Å². The SMILES string of the molecule is CN1C(c2cccc3c2oc2c(Cl)cc(Cl)cc23)=NC(C)(c2ccccc2)NC1c1ccccc1. The molecule has 2 unspecified atom stereocenters. The van der Waals surface area contributed by atoms with Crippen molar-refractivity contribution in [3.63, 3.8) is 0 Å². The van der Waals surface area contributed by atoms with E-state index in [1.807, 2.05) is 48.5 Å². The van der Waals surface area contributed by atoms with Gasteiger partial charge in [0.15, 0.2) is 5.58 Å². The van der Waals surface area contributed by atoms with Crippen LogP contribution in [-0.2, 0) is 5.66 Å². The molecule has 35 heavy (non-hydrogen) atoms. The first-order chi connectivity index (χ1) is 16.9. The van der Waals surface area contributed by atoms with Crippen molar-refractivity contribution in [2.24, 2.45) is 4.99 Å². The van der Waals surface area contributed by atoms with E-state index >= 15 is 0 Å². The fraction of sp³-hybridized carbons (Fsp3) is 0.138. The summed E-state index contributed by atoms with van der Waals surface area (Å²) in [5.74, 6) is 0.829. The van der Waals surface area contributed by atoms with Crippen molar-refractivity contribution in [2.75, 3.05) is 7.05 Å². The largest absolute Gasteiger partial charge is 0.454 e. The van der Waals surface area contributed by atoms with Gasteiger partial charge in [0.2, 0.25) is 0 Å². The predicted molar refractivity (Wildman–Crippen MR) is 144 cm³/mol. The second kappa shape index (κ2) is 8.42. The van der Waals surface area contributed by atoms with Gasteiger partial charge in [0.25, 0.3) is 0 Å². The first kappa shape index (κ1) is 22.2. The summed E-state index contributed by atoms with van der Waals surface area (Å²) in [6.45, 7) is 2.11. The Morgan fingerprint density at radius 1 is 0.857 bits per heavy atom. The predicted octanol–water partition coefficient (Wildman–Crippen LogP) is 7.75. The van der Waals surface area contributed by atoms with Crippen LogP contribution in [-0.4, -0.2) is 17.8 Å². The van der Waals surface area contributed by atoms with Crippen LogP contribution in [0.15, 0.2) is 100 Å². The third-order valence-corrected chi connectivity index (χ3v) is 7.18. The van der Waals surface area contributed by atoms with Gasteiger partial charge in [-0.1, -0.05) is 96.0 Å². The third kappa shape index (κ3) is 3.69. The van der Waals surface area contributed by atoms with E-state index in [4.69, 9.17) is 32.6 Å². The standard InChI is InChI=1S/C29H23Cl2N3O/c1-29(19-12-7-4-8-13-19)32-27(18-10-5-3-6-11-18)34(2)28(33-29)22-15-9-14-21-23-16-20(30)17-24(31)26(23)35-25(21)22/h3-17,27,32H,1-2H3. The minimum absolute atomic E-state index is 0.105. The van der Waals surface area contributed by atoms with E-state index < -0.39 is 5.66 Å². The second-order valence-electron chi connectivity index (χ2n) is 8.99. The van der Waals surface area contributed by atoms with E-state index in [9.17, 15) is 0 Å². The van der Waals surface area contributed by atoms with Crippen molar-refractivity contribution in [2.45, 2.75) is 18.8 Å². The number of furan rings is 1. The lowest BCUT2D eigenvalue weighted by atomic mass is 9.97. The van der Waals surface area contributed by atoms with Gasteiger partial charge in [0, 0.05) is 22.8 Å². The van der Waals surface area contributed by atoms with Crippen molar-refractivity contribution in [3.05, 3.63) is 118 Å². The van der Waals surface area contributed by atoms with E-state index in [1.165, 1.54) is 0 Å². The Balaban J connectivity index is 1.60. The minimum Gasteiger partial charge on any atom is -0.454 e.